The van der Waals surface area contributed by atoms with E-state index in [1.807, 2.05) is 12.3 Å². The summed E-state index contributed by atoms with van der Waals surface area (Å²) in [5.74, 6) is 0.788. The smallest absolute Gasteiger partial charge is 0.227 e. The Morgan fingerprint density at radius 2 is 2.06 bits per heavy atom. The van der Waals surface area contributed by atoms with Crippen LogP contribution in [-0.4, -0.2) is 72.5 Å². The van der Waals surface area contributed by atoms with Gasteiger partial charge < -0.3 is 19.9 Å². The molecule has 3 heterocycles. The normalized spacial score (nSPS) is 26.2. The third kappa shape index (κ3) is 4.51. The average Bonchev–Trinajstić information content (AvgIpc) is 3.40. The van der Waals surface area contributed by atoms with Gasteiger partial charge in [0.05, 0.1) is 30.6 Å². The number of aromatic nitrogens is 1. The molecule has 7 nitrogen and oxygen atoms in total. The Bertz CT molecular complexity index is 935. The molecular weight excluding hydrogens is 426 g/mol. The number of morpholine rings is 1. The largest absolute Gasteiger partial charge is 0.490 e. The fraction of sp³-hybridized carbons (Fsp3) is 0.667. The summed E-state index contributed by atoms with van der Waals surface area (Å²) in [7, 11) is 0. The molecule has 1 saturated carbocycles. The topological polar surface area (TPSA) is 83.9 Å². The number of carbonyl (C=O) groups excluding carboxylic acids is 1. The first-order chi connectivity index (χ1) is 15.7. The quantitative estimate of drug-likeness (QED) is 0.620. The van der Waals surface area contributed by atoms with Crippen LogP contribution in [0.2, 0.25) is 0 Å². The Morgan fingerprint density at radius 1 is 1.25 bits per heavy atom. The minimum atomic E-state index is -0.152. The molecule has 2 aromatic rings. The summed E-state index contributed by atoms with van der Waals surface area (Å²) in [6, 6.07) is 2.62. The van der Waals surface area contributed by atoms with E-state index in [2.05, 4.69) is 15.2 Å². The second kappa shape index (κ2) is 10.0. The summed E-state index contributed by atoms with van der Waals surface area (Å²) in [4.78, 5) is 22.3. The fourth-order valence-corrected chi connectivity index (χ4v) is 6.69. The number of nitrogens with zero attached hydrogens (tertiary/aromatic N) is 2. The predicted octanol–water partition coefficient (Wildman–Crippen LogP) is 2.85. The molecule has 0 aromatic carbocycles. The Balaban J connectivity index is 1.30. The molecule has 5 rings (SSSR count). The van der Waals surface area contributed by atoms with Crippen LogP contribution in [0.25, 0.3) is 10.2 Å². The third-order valence-electron chi connectivity index (χ3n) is 7.13. The Labute approximate surface area is 193 Å². The number of thiophene rings is 1. The maximum absolute atomic E-state index is 12.8. The molecule has 2 aliphatic carbocycles. The molecule has 8 heteroatoms. The van der Waals surface area contributed by atoms with Crippen LogP contribution in [0.4, 0.5) is 0 Å². The summed E-state index contributed by atoms with van der Waals surface area (Å²) < 4.78 is 12.1. The van der Waals surface area contributed by atoms with Gasteiger partial charge in [-0.15, -0.1) is 11.3 Å². The van der Waals surface area contributed by atoms with Gasteiger partial charge in [0.2, 0.25) is 5.91 Å². The van der Waals surface area contributed by atoms with E-state index < -0.39 is 0 Å². The second-order valence-corrected chi connectivity index (χ2v) is 10.2. The predicted molar refractivity (Wildman–Crippen MR) is 124 cm³/mol. The van der Waals surface area contributed by atoms with E-state index in [1.165, 1.54) is 4.88 Å². The van der Waals surface area contributed by atoms with Crippen LogP contribution in [0.1, 0.15) is 54.9 Å². The summed E-state index contributed by atoms with van der Waals surface area (Å²) in [5.41, 5.74) is 1.12. The van der Waals surface area contributed by atoms with Gasteiger partial charge in [-0.05, 0) is 56.6 Å². The van der Waals surface area contributed by atoms with Crippen LogP contribution in [0.15, 0.2) is 12.3 Å². The summed E-state index contributed by atoms with van der Waals surface area (Å²) in [6.07, 6.45) is 8.82. The lowest BCUT2D eigenvalue weighted by molar-refractivity contribution is -0.122. The molecule has 0 unspecified atom stereocenters. The number of aliphatic hydroxyl groups excluding tert-OH is 1. The first kappa shape index (κ1) is 22.1. The van der Waals surface area contributed by atoms with Crippen LogP contribution in [0.3, 0.4) is 0 Å². The van der Waals surface area contributed by atoms with Gasteiger partial charge in [0.1, 0.15) is 10.6 Å². The van der Waals surface area contributed by atoms with Crippen molar-refractivity contribution in [2.45, 2.75) is 63.0 Å². The maximum atomic E-state index is 12.8. The molecular formula is C24H33N3O4S. The maximum Gasteiger partial charge on any atom is 0.227 e. The van der Waals surface area contributed by atoms with E-state index in [9.17, 15) is 4.79 Å². The number of nitrogens with one attached hydrogen (secondary N) is 1. The van der Waals surface area contributed by atoms with Gasteiger partial charge in [-0.25, -0.2) is 4.98 Å². The molecule has 1 amide bonds. The standard InChI is InChI=1S/C24H33N3O4S/c28-13-1-9-25-23(29)18-6-7-20-21(18)22-19(8-10-26-24(22)32-20)31-17-4-2-16(3-5-17)27-11-14-30-15-12-27/h8,10,16-18,28H,1-7,9,11-15H2,(H,25,29)/t16?,17?,18-/m1/s1. The number of aliphatic hydroxyl groups is 1. The first-order valence-corrected chi connectivity index (χ1v) is 12.8. The van der Waals surface area contributed by atoms with Crippen molar-refractivity contribution in [3.05, 3.63) is 22.7 Å². The monoisotopic (exact) mass is 459 g/mol. The zero-order valence-corrected chi connectivity index (χ0v) is 19.4. The van der Waals surface area contributed by atoms with Gasteiger partial charge >= 0.3 is 0 Å². The van der Waals surface area contributed by atoms with Crippen molar-refractivity contribution < 1.29 is 19.4 Å². The Hall–Kier alpha value is -1.74. The molecule has 1 aliphatic heterocycles. The van der Waals surface area contributed by atoms with Crippen molar-refractivity contribution in [1.29, 1.82) is 0 Å². The average molecular weight is 460 g/mol. The van der Waals surface area contributed by atoms with Gasteiger partial charge in [-0.1, -0.05) is 0 Å². The van der Waals surface area contributed by atoms with Gasteiger partial charge in [-0.3, -0.25) is 9.69 Å². The Morgan fingerprint density at radius 3 is 2.84 bits per heavy atom. The molecule has 1 atom stereocenters. The molecule has 0 radical (unpaired) electrons. The molecule has 32 heavy (non-hydrogen) atoms. The van der Waals surface area contributed by atoms with Crippen LogP contribution in [-0.2, 0) is 16.0 Å². The van der Waals surface area contributed by atoms with Crippen LogP contribution in [0.5, 0.6) is 5.75 Å². The zero-order valence-electron chi connectivity index (χ0n) is 18.6. The molecule has 0 bridgehead atoms. The van der Waals surface area contributed by atoms with Crippen molar-refractivity contribution >= 4 is 27.5 Å². The van der Waals surface area contributed by atoms with Gasteiger partial charge in [0.15, 0.2) is 0 Å². The number of hydrogen-bond acceptors (Lipinski definition) is 7. The van der Waals surface area contributed by atoms with Crippen molar-refractivity contribution in [3.8, 4) is 5.75 Å². The lowest BCUT2D eigenvalue weighted by Crippen LogP contribution is -2.46. The summed E-state index contributed by atoms with van der Waals surface area (Å²) in [6.45, 7) is 4.39. The molecule has 2 fully saturated rings. The van der Waals surface area contributed by atoms with Crippen LogP contribution in [0, 0.1) is 0 Å². The Kier molecular flexibility index (Phi) is 6.92. The SMILES string of the molecule is O=C(NCCCO)[C@@H]1CCc2sc3nccc(OC4CCC(N5CCOCC5)CC4)c3c21. The van der Waals surface area contributed by atoms with Gasteiger partial charge in [0.25, 0.3) is 0 Å². The molecule has 1 saturated heterocycles. The molecule has 174 valence electrons. The summed E-state index contributed by atoms with van der Waals surface area (Å²) >= 11 is 1.70. The number of aryl methyl sites for hydroxylation is 1. The van der Waals surface area contributed by atoms with E-state index >= 15 is 0 Å². The number of carbonyl (C=O) groups is 1. The minimum Gasteiger partial charge on any atom is -0.490 e. The van der Waals surface area contributed by atoms with Crippen molar-refractivity contribution in [2.75, 3.05) is 39.5 Å². The first-order valence-electron chi connectivity index (χ1n) is 12.0. The second-order valence-electron chi connectivity index (χ2n) is 9.08. The molecule has 0 spiro atoms. The van der Waals surface area contributed by atoms with Crippen LogP contribution >= 0.6 is 11.3 Å². The highest BCUT2D eigenvalue weighted by molar-refractivity contribution is 7.19. The van der Waals surface area contributed by atoms with Gasteiger partial charge in [-0.2, -0.15) is 0 Å². The molecule has 2 aromatic heterocycles. The van der Waals surface area contributed by atoms with E-state index in [-0.39, 0.29) is 24.5 Å². The zero-order chi connectivity index (χ0) is 21.9. The van der Waals surface area contributed by atoms with Crippen molar-refractivity contribution in [1.82, 2.24) is 15.2 Å². The minimum absolute atomic E-state index is 0.0534. The summed E-state index contributed by atoms with van der Waals surface area (Å²) in [5, 5.41) is 13.0. The van der Waals surface area contributed by atoms with E-state index in [4.69, 9.17) is 14.6 Å². The lowest BCUT2D eigenvalue weighted by atomic mass is 9.91. The number of pyridine rings is 1. The van der Waals surface area contributed by atoms with E-state index in [0.29, 0.717) is 19.0 Å². The number of rotatable bonds is 7. The number of fused-ring (bicyclic) bond motifs is 3. The number of amides is 1. The highest BCUT2D eigenvalue weighted by Crippen LogP contribution is 2.47. The fourth-order valence-electron chi connectivity index (χ4n) is 5.46. The number of ether oxygens (including phenoxy) is 2. The van der Waals surface area contributed by atoms with Crippen molar-refractivity contribution in [3.63, 3.8) is 0 Å². The lowest BCUT2D eigenvalue weighted by Gasteiger charge is -2.38. The van der Waals surface area contributed by atoms with E-state index in [1.54, 1.807) is 11.3 Å². The van der Waals surface area contributed by atoms with Crippen molar-refractivity contribution in [2.24, 2.45) is 0 Å². The van der Waals surface area contributed by atoms with Gasteiger partial charge in [0, 0.05) is 43.4 Å². The highest BCUT2D eigenvalue weighted by atomic mass is 32.1. The number of hydrogen-bond donors (Lipinski definition) is 2. The molecule has 2 N–H and O–H groups in total. The van der Waals surface area contributed by atoms with E-state index in [0.717, 1.165) is 86.4 Å². The molecule has 3 aliphatic rings. The third-order valence-corrected chi connectivity index (χ3v) is 8.30. The van der Waals surface area contributed by atoms with Crippen LogP contribution < -0.4 is 10.1 Å². The highest BCUT2D eigenvalue weighted by Gasteiger charge is 2.35.